The summed E-state index contributed by atoms with van der Waals surface area (Å²) in [6.07, 6.45) is -39.5. The molecule has 0 unspecified atom stereocenters. The maximum atomic E-state index is 13.5. The summed E-state index contributed by atoms with van der Waals surface area (Å²) in [5.41, 5.74) is -13.1. The number of hydrogen-bond acceptors (Lipinski definition) is 3. The second-order valence-corrected chi connectivity index (χ2v) is 11.2. The van der Waals surface area contributed by atoms with Crippen LogP contribution in [0.3, 0.4) is 0 Å². The van der Waals surface area contributed by atoms with Gasteiger partial charge in [-0.25, -0.2) is 0 Å². The molecule has 21 heteroatoms. The number of rotatable bonds is 6. The fourth-order valence-corrected chi connectivity index (χ4v) is 4.97. The molecule has 51 heavy (non-hydrogen) atoms. The Balaban J connectivity index is 1.73. The third-order valence-corrected chi connectivity index (χ3v) is 8.13. The van der Waals surface area contributed by atoms with Gasteiger partial charge in [0.1, 0.15) is 17.3 Å². The van der Waals surface area contributed by atoms with Crippen molar-refractivity contribution in [1.29, 1.82) is 0 Å². The van der Waals surface area contributed by atoms with Crippen LogP contribution in [0.15, 0.2) is 90.2 Å². The molecule has 3 nitrogen and oxygen atoms in total. The van der Waals surface area contributed by atoms with Crippen molar-refractivity contribution in [3.05, 3.63) is 90.2 Å². The van der Waals surface area contributed by atoms with Crippen LogP contribution in [-0.4, -0.2) is 37.1 Å². The lowest BCUT2D eigenvalue weighted by molar-refractivity contribution is -0.321. The Labute approximate surface area is 273 Å². The van der Waals surface area contributed by atoms with Crippen LogP contribution in [0, 0.1) is 16.2 Å². The second kappa shape index (κ2) is 12.5. The Hall–Kier alpha value is -4.20. The number of alkyl halides is 18. The van der Waals surface area contributed by atoms with Crippen LogP contribution >= 0.6 is 0 Å². The third kappa shape index (κ3) is 7.03. The van der Waals surface area contributed by atoms with Crippen molar-refractivity contribution in [1.82, 2.24) is 0 Å². The fraction of sp³-hybridized carbons (Fsp3) is 0.400. The van der Waals surface area contributed by atoms with Crippen LogP contribution in [0.4, 0.5) is 79.0 Å². The van der Waals surface area contributed by atoms with Crippen molar-refractivity contribution in [2.45, 2.75) is 56.3 Å². The summed E-state index contributed by atoms with van der Waals surface area (Å²) < 4.78 is 259. The topological polar surface area (TPSA) is 27.7 Å². The monoisotopic (exact) mass is 768 g/mol. The first-order valence-corrected chi connectivity index (χ1v) is 13.8. The first kappa shape index (κ1) is 39.6. The minimum Gasteiger partial charge on any atom is -0.454 e. The molecule has 0 N–H and O–H groups in total. The standard InChI is InChI=1S/C30H18F18O3/c31-25(32,33)22(26(34,35)36)10-4-16(5-11-22)49-19-2-1-3-20(50-17-6-12-23(13-7-17,27(37,38)39)28(40,41)42)21(19)51-18-8-14-24(15-9-18,29(43,44)45)30(46,47)48/h1-10,12,14H,11,13,15H2. The first-order chi connectivity index (χ1) is 23.0. The molecule has 0 radical (unpaired) electrons. The van der Waals surface area contributed by atoms with Crippen LogP contribution < -0.4 is 14.2 Å². The number of hydrogen-bond donors (Lipinski definition) is 0. The second-order valence-electron chi connectivity index (χ2n) is 11.2. The molecule has 282 valence electrons. The van der Waals surface area contributed by atoms with Crippen molar-refractivity contribution in [3.63, 3.8) is 0 Å². The highest BCUT2D eigenvalue weighted by atomic mass is 19.4. The van der Waals surface area contributed by atoms with Gasteiger partial charge >= 0.3 is 37.1 Å². The summed E-state index contributed by atoms with van der Waals surface area (Å²) in [4.78, 5) is 0. The van der Waals surface area contributed by atoms with Crippen molar-refractivity contribution in [3.8, 4) is 17.2 Å². The lowest BCUT2D eigenvalue weighted by atomic mass is 9.79. The van der Waals surface area contributed by atoms with Gasteiger partial charge in [0.05, 0.1) is 0 Å². The van der Waals surface area contributed by atoms with E-state index in [9.17, 15) is 79.0 Å². The van der Waals surface area contributed by atoms with E-state index >= 15 is 0 Å². The fourth-order valence-electron chi connectivity index (χ4n) is 4.97. The number of para-hydroxylation sites is 1. The van der Waals surface area contributed by atoms with E-state index in [1.807, 2.05) is 0 Å². The molecule has 0 aromatic heterocycles. The van der Waals surface area contributed by atoms with Crippen LogP contribution in [0.1, 0.15) is 19.3 Å². The maximum absolute atomic E-state index is 13.5. The Kier molecular flexibility index (Phi) is 9.69. The molecule has 0 saturated carbocycles. The molecule has 0 saturated heterocycles. The minimum absolute atomic E-state index is 0.215. The van der Waals surface area contributed by atoms with Crippen LogP contribution in [0.5, 0.6) is 17.2 Å². The Morgan fingerprint density at radius 1 is 0.392 bits per heavy atom. The molecule has 0 bridgehead atoms. The Morgan fingerprint density at radius 3 is 0.863 bits per heavy atom. The summed E-state index contributed by atoms with van der Waals surface area (Å²) in [7, 11) is 0. The molecule has 3 aliphatic rings. The molecule has 0 aliphatic heterocycles. The molecule has 3 aliphatic carbocycles. The minimum atomic E-state index is -5.87. The zero-order valence-electron chi connectivity index (χ0n) is 24.6. The maximum Gasteiger partial charge on any atom is 0.406 e. The van der Waals surface area contributed by atoms with E-state index < -0.39 is 107 Å². The highest BCUT2D eigenvalue weighted by molar-refractivity contribution is 5.55. The van der Waals surface area contributed by atoms with E-state index in [-0.39, 0.29) is 36.5 Å². The average Bonchev–Trinajstić information content (AvgIpc) is 2.96. The van der Waals surface area contributed by atoms with Gasteiger partial charge in [-0.1, -0.05) is 24.3 Å². The number of benzene rings is 1. The molecule has 0 heterocycles. The Morgan fingerprint density at radius 2 is 0.647 bits per heavy atom. The predicted molar refractivity (Wildman–Crippen MR) is 137 cm³/mol. The van der Waals surface area contributed by atoms with E-state index in [1.54, 1.807) is 0 Å². The van der Waals surface area contributed by atoms with Gasteiger partial charge in [-0.15, -0.1) is 0 Å². The summed E-state index contributed by atoms with van der Waals surface area (Å²) in [5.74, 6) is -4.56. The predicted octanol–water partition coefficient (Wildman–Crippen LogP) is 11.7. The van der Waals surface area contributed by atoms with Gasteiger partial charge < -0.3 is 14.2 Å². The smallest absolute Gasteiger partial charge is 0.406 e. The van der Waals surface area contributed by atoms with E-state index in [0.29, 0.717) is 18.2 Å². The largest absolute Gasteiger partial charge is 0.454 e. The molecule has 1 aromatic carbocycles. The van der Waals surface area contributed by atoms with E-state index in [0.717, 1.165) is 18.2 Å². The van der Waals surface area contributed by atoms with Gasteiger partial charge in [-0.05, 0) is 67.9 Å². The van der Waals surface area contributed by atoms with Gasteiger partial charge in [0.15, 0.2) is 27.7 Å². The van der Waals surface area contributed by atoms with Gasteiger partial charge in [0, 0.05) is 0 Å². The van der Waals surface area contributed by atoms with Gasteiger partial charge in [-0.2, -0.15) is 79.0 Å². The summed E-state index contributed by atoms with van der Waals surface area (Å²) in [6, 6.07) is 2.75. The normalized spacial score (nSPS) is 20.7. The molecule has 0 amide bonds. The van der Waals surface area contributed by atoms with Crippen molar-refractivity contribution >= 4 is 0 Å². The average molecular weight is 768 g/mol. The third-order valence-electron chi connectivity index (χ3n) is 8.13. The first-order valence-electron chi connectivity index (χ1n) is 13.8. The Bertz CT molecular complexity index is 1540. The van der Waals surface area contributed by atoms with Gasteiger partial charge in [0.25, 0.3) is 0 Å². The molecular formula is C30H18F18O3. The lowest BCUT2D eigenvalue weighted by Gasteiger charge is -2.36. The SMILES string of the molecule is FC(F)(F)C1(C(F)(F)F)C=CC(Oc2cccc(OC3=CCC(C(F)(F)F)(C(F)(F)F)C=C3)c2OC2=CCC(C(F)(F)F)(C(F)(F)F)C=C2)=CC1. The van der Waals surface area contributed by atoms with Crippen molar-refractivity contribution in [2.75, 3.05) is 0 Å². The summed E-state index contributed by atoms with van der Waals surface area (Å²) in [5, 5.41) is 0. The lowest BCUT2D eigenvalue weighted by Crippen LogP contribution is -2.49. The zero-order chi connectivity index (χ0) is 38.7. The van der Waals surface area contributed by atoms with E-state index in [1.165, 1.54) is 0 Å². The quantitative estimate of drug-likeness (QED) is 0.270. The van der Waals surface area contributed by atoms with E-state index in [4.69, 9.17) is 14.2 Å². The van der Waals surface area contributed by atoms with Crippen molar-refractivity contribution in [2.24, 2.45) is 16.2 Å². The number of ether oxygens (including phenoxy) is 3. The molecule has 0 fully saturated rings. The summed E-state index contributed by atoms with van der Waals surface area (Å²) >= 11 is 0. The van der Waals surface area contributed by atoms with Gasteiger partial charge in [-0.3, -0.25) is 0 Å². The highest BCUT2D eigenvalue weighted by Crippen LogP contribution is 2.58. The zero-order valence-corrected chi connectivity index (χ0v) is 24.6. The molecule has 4 rings (SSSR count). The van der Waals surface area contributed by atoms with E-state index in [2.05, 4.69) is 0 Å². The molecule has 0 atom stereocenters. The van der Waals surface area contributed by atoms with Crippen molar-refractivity contribution < 1.29 is 93.2 Å². The summed E-state index contributed by atoms with van der Waals surface area (Å²) in [6.45, 7) is 0. The molecule has 0 spiro atoms. The van der Waals surface area contributed by atoms with Crippen LogP contribution in [0.25, 0.3) is 0 Å². The van der Waals surface area contributed by atoms with Crippen LogP contribution in [-0.2, 0) is 0 Å². The number of allylic oxidation sites excluding steroid dienone is 9. The molecular weight excluding hydrogens is 750 g/mol. The highest BCUT2D eigenvalue weighted by Gasteiger charge is 2.71. The van der Waals surface area contributed by atoms with Gasteiger partial charge in [0.2, 0.25) is 5.75 Å². The van der Waals surface area contributed by atoms with Crippen LogP contribution in [0.2, 0.25) is 0 Å². The molecule has 1 aromatic rings. The number of halogens is 18.